The zero-order valence-electron chi connectivity index (χ0n) is 14.9. The van der Waals surface area contributed by atoms with Crippen LogP contribution in [0.5, 0.6) is 5.88 Å². The molecular formula is C16H16F3N7O2. The summed E-state index contributed by atoms with van der Waals surface area (Å²) in [5, 5.41) is 14.0. The molecule has 1 N–H and O–H groups in total. The second-order valence-corrected chi connectivity index (χ2v) is 5.67. The zero-order chi connectivity index (χ0) is 20.3. The van der Waals surface area contributed by atoms with E-state index < -0.39 is 18.6 Å². The zero-order valence-corrected chi connectivity index (χ0v) is 14.9. The second kappa shape index (κ2) is 7.66. The summed E-state index contributed by atoms with van der Waals surface area (Å²) in [6.45, 7) is 1.22. The number of methoxy groups -OCH3 is 1. The van der Waals surface area contributed by atoms with E-state index in [0.29, 0.717) is 22.7 Å². The van der Waals surface area contributed by atoms with Crippen LogP contribution in [0.2, 0.25) is 0 Å². The minimum absolute atomic E-state index is 0.143. The number of aryl methyl sites for hydroxylation is 1. The Morgan fingerprint density at radius 3 is 2.79 bits per heavy atom. The molecule has 12 heteroatoms. The first-order chi connectivity index (χ1) is 13.3. The highest BCUT2D eigenvalue weighted by Gasteiger charge is 2.30. The minimum atomic E-state index is -4.48. The summed E-state index contributed by atoms with van der Waals surface area (Å²) < 4.78 is 44.9. The molecule has 0 fully saturated rings. The summed E-state index contributed by atoms with van der Waals surface area (Å²) in [5.74, 6) is -0.205. The molecule has 0 aromatic carbocycles. The van der Waals surface area contributed by atoms with E-state index in [4.69, 9.17) is 4.74 Å². The number of rotatable bonds is 6. The Kier molecular flexibility index (Phi) is 5.29. The summed E-state index contributed by atoms with van der Waals surface area (Å²) >= 11 is 0. The lowest BCUT2D eigenvalue weighted by Gasteiger charge is -2.07. The number of pyridine rings is 1. The number of amides is 1. The summed E-state index contributed by atoms with van der Waals surface area (Å²) in [7, 11) is 1.22. The lowest BCUT2D eigenvalue weighted by atomic mass is 10.3. The third-order valence-electron chi connectivity index (χ3n) is 3.68. The van der Waals surface area contributed by atoms with E-state index in [2.05, 4.69) is 25.6 Å². The summed E-state index contributed by atoms with van der Waals surface area (Å²) in [6.07, 6.45) is -1.95. The van der Waals surface area contributed by atoms with Gasteiger partial charge in [0.15, 0.2) is 5.82 Å². The highest BCUT2D eigenvalue weighted by atomic mass is 19.4. The fourth-order valence-corrected chi connectivity index (χ4v) is 2.47. The molecule has 0 spiro atoms. The van der Waals surface area contributed by atoms with Crippen LogP contribution in [0.1, 0.15) is 17.3 Å². The van der Waals surface area contributed by atoms with E-state index in [0.717, 1.165) is 6.20 Å². The molecule has 0 atom stereocenters. The maximum Gasteiger partial charge on any atom is 0.408 e. The SMILES string of the molecule is CCn1cnnc1-c1cccc(NC(=O)c2cn(CC(F)(F)F)nc2OC)n1. The molecule has 3 aromatic heterocycles. The van der Waals surface area contributed by atoms with Crippen molar-refractivity contribution in [2.24, 2.45) is 0 Å². The summed E-state index contributed by atoms with van der Waals surface area (Å²) in [4.78, 5) is 16.8. The number of nitrogens with one attached hydrogen (secondary N) is 1. The molecule has 0 radical (unpaired) electrons. The normalized spacial score (nSPS) is 11.5. The van der Waals surface area contributed by atoms with Gasteiger partial charge in [-0.1, -0.05) is 6.07 Å². The average Bonchev–Trinajstić information content (AvgIpc) is 3.26. The summed E-state index contributed by atoms with van der Waals surface area (Å²) in [5.41, 5.74) is 0.340. The van der Waals surface area contributed by atoms with Crippen molar-refractivity contribution in [1.82, 2.24) is 29.5 Å². The maximum absolute atomic E-state index is 12.5. The van der Waals surface area contributed by atoms with Crippen molar-refractivity contribution in [3.05, 3.63) is 36.3 Å². The maximum atomic E-state index is 12.5. The number of aromatic nitrogens is 6. The monoisotopic (exact) mass is 395 g/mol. The van der Waals surface area contributed by atoms with E-state index in [1.54, 1.807) is 29.1 Å². The number of alkyl halides is 3. The van der Waals surface area contributed by atoms with Crippen molar-refractivity contribution in [1.29, 1.82) is 0 Å². The van der Waals surface area contributed by atoms with E-state index in [9.17, 15) is 18.0 Å². The van der Waals surface area contributed by atoms with Crippen LogP contribution in [0.3, 0.4) is 0 Å². The van der Waals surface area contributed by atoms with E-state index in [1.807, 2.05) is 6.92 Å². The van der Waals surface area contributed by atoms with Gasteiger partial charge in [-0.25, -0.2) is 4.98 Å². The molecule has 28 heavy (non-hydrogen) atoms. The molecule has 3 heterocycles. The Bertz CT molecular complexity index is 981. The predicted molar refractivity (Wildman–Crippen MR) is 91.7 cm³/mol. The molecular weight excluding hydrogens is 379 g/mol. The van der Waals surface area contributed by atoms with Crippen molar-refractivity contribution in [3.8, 4) is 17.4 Å². The Morgan fingerprint density at radius 1 is 1.32 bits per heavy atom. The first-order valence-electron chi connectivity index (χ1n) is 8.15. The van der Waals surface area contributed by atoms with Gasteiger partial charge in [-0.3, -0.25) is 9.48 Å². The Balaban J connectivity index is 1.83. The molecule has 148 valence electrons. The van der Waals surface area contributed by atoms with Gasteiger partial charge in [0.2, 0.25) is 5.88 Å². The van der Waals surface area contributed by atoms with Crippen LogP contribution in [0.4, 0.5) is 19.0 Å². The van der Waals surface area contributed by atoms with Crippen LogP contribution in [-0.2, 0) is 13.1 Å². The number of nitrogens with zero attached hydrogens (tertiary/aromatic N) is 6. The van der Waals surface area contributed by atoms with Crippen molar-refractivity contribution < 1.29 is 22.7 Å². The Labute approximate surface area is 157 Å². The van der Waals surface area contributed by atoms with Crippen LogP contribution < -0.4 is 10.1 Å². The van der Waals surface area contributed by atoms with Crippen LogP contribution in [0, 0.1) is 0 Å². The molecule has 3 rings (SSSR count). The number of carbonyl (C=O) groups excluding carboxylic acids is 1. The van der Waals surface area contributed by atoms with Gasteiger partial charge in [0.25, 0.3) is 5.91 Å². The quantitative estimate of drug-likeness (QED) is 0.688. The fourth-order valence-electron chi connectivity index (χ4n) is 2.47. The van der Waals surface area contributed by atoms with Crippen LogP contribution in [0.15, 0.2) is 30.7 Å². The smallest absolute Gasteiger partial charge is 0.408 e. The fraction of sp³-hybridized carbons (Fsp3) is 0.312. The first-order valence-corrected chi connectivity index (χ1v) is 8.15. The standard InChI is InChI=1S/C16H16F3N7O2/c1-3-25-9-20-23-13(25)11-5-4-6-12(21-11)22-14(27)10-7-26(8-16(17,18)19)24-15(10)28-2/h4-7,9H,3,8H2,1-2H3,(H,21,22,27). The Hall–Kier alpha value is -3.44. The lowest BCUT2D eigenvalue weighted by Crippen LogP contribution is -2.18. The molecule has 0 unspecified atom stereocenters. The van der Waals surface area contributed by atoms with Gasteiger partial charge in [0.1, 0.15) is 29.9 Å². The summed E-state index contributed by atoms with van der Waals surface area (Å²) in [6, 6.07) is 4.91. The number of hydrogen-bond acceptors (Lipinski definition) is 6. The van der Waals surface area contributed by atoms with E-state index in [-0.39, 0.29) is 17.3 Å². The van der Waals surface area contributed by atoms with E-state index in [1.165, 1.54) is 7.11 Å². The molecule has 3 aromatic rings. The topological polar surface area (TPSA) is 99.8 Å². The average molecular weight is 395 g/mol. The van der Waals surface area contributed by atoms with E-state index >= 15 is 0 Å². The largest absolute Gasteiger partial charge is 0.479 e. The lowest BCUT2D eigenvalue weighted by molar-refractivity contribution is -0.142. The second-order valence-electron chi connectivity index (χ2n) is 5.67. The Morgan fingerprint density at radius 2 is 2.11 bits per heavy atom. The van der Waals surface area contributed by atoms with Gasteiger partial charge in [-0.05, 0) is 19.1 Å². The molecule has 0 saturated carbocycles. The van der Waals surface area contributed by atoms with Gasteiger partial charge >= 0.3 is 6.18 Å². The third kappa shape index (κ3) is 4.27. The number of hydrogen-bond donors (Lipinski definition) is 1. The molecule has 0 bridgehead atoms. The van der Waals surface area contributed by atoms with Crippen molar-refractivity contribution in [2.45, 2.75) is 26.2 Å². The number of carbonyl (C=O) groups is 1. The van der Waals surface area contributed by atoms with Gasteiger partial charge in [-0.2, -0.15) is 13.2 Å². The highest BCUT2D eigenvalue weighted by molar-refractivity contribution is 6.05. The molecule has 1 amide bonds. The predicted octanol–water partition coefficient (Wildman–Crippen LogP) is 2.38. The van der Waals surface area contributed by atoms with Crippen molar-refractivity contribution >= 4 is 11.7 Å². The minimum Gasteiger partial charge on any atom is -0.479 e. The van der Waals surface area contributed by atoms with Crippen LogP contribution in [0.25, 0.3) is 11.5 Å². The van der Waals surface area contributed by atoms with Crippen molar-refractivity contribution in [3.63, 3.8) is 0 Å². The third-order valence-corrected chi connectivity index (χ3v) is 3.68. The van der Waals surface area contributed by atoms with Crippen LogP contribution in [-0.4, -0.2) is 48.7 Å². The number of ether oxygens (including phenoxy) is 1. The van der Waals surface area contributed by atoms with Gasteiger partial charge in [0.05, 0.1) is 7.11 Å². The molecule has 0 aliphatic rings. The molecule has 9 nitrogen and oxygen atoms in total. The first kappa shape index (κ1) is 19.3. The highest BCUT2D eigenvalue weighted by Crippen LogP contribution is 2.22. The van der Waals surface area contributed by atoms with Crippen LogP contribution >= 0.6 is 0 Å². The van der Waals surface area contributed by atoms with Crippen molar-refractivity contribution in [2.75, 3.05) is 12.4 Å². The number of halogens is 3. The van der Waals surface area contributed by atoms with Gasteiger partial charge in [0, 0.05) is 12.7 Å². The van der Waals surface area contributed by atoms with Gasteiger partial charge in [-0.15, -0.1) is 15.3 Å². The molecule has 0 aliphatic carbocycles. The number of anilines is 1. The molecule has 0 saturated heterocycles. The molecule has 0 aliphatic heterocycles. The van der Waals surface area contributed by atoms with Gasteiger partial charge < -0.3 is 14.6 Å².